The van der Waals surface area contributed by atoms with E-state index < -0.39 is 0 Å². The fourth-order valence-electron chi connectivity index (χ4n) is 6.54. The topological polar surface area (TPSA) is 12.4 Å². The van der Waals surface area contributed by atoms with Crippen LogP contribution in [0.2, 0.25) is 0 Å². The first-order valence-corrected chi connectivity index (χ1v) is 12.8. The van der Waals surface area contributed by atoms with E-state index in [0.717, 1.165) is 17.5 Å². The molecule has 1 heterocycles. The summed E-state index contributed by atoms with van der Waals surface area (Å²) in [4.78, 5) is 5.24. The van der Waals surface area contributed by atoms with Crippen molar-refractivity contribution in [2.45, 2.75) is 89.4 Å². The molecule has 0 aromatic heterocycles. The highest BCUT2D eigenvalue weighted by Crippen LogP contribution is 2.44. The highest BCUT2D eigenvalue weighted by Gasteiger charge is 2.27. The number of aliphatic imine (C=N–C) groups is 1. The zero-order valence-electron chi connectivity index (χ0n) is 19.9. The summed E-state index contributed by atoms with van der Waals surface area (Å²) in [6.07, 6.45) is 10.9. The second kappa shape index (κ2) is 7.58. The zero-order valence-corrected chi connectivity index (χ0v) is 19.9. The Hall–Kier alpha value is -2.41. The molecule has 2 fully saturated rings. The highest BCUT2D eigenvalue weighted by atomic mass is 14.8. The van der Waals surface area contributed by atoms with E-state index in [4.69, 9.17) is 4.99 Å². The van der Waals surface area contributed by atoms with Crippen LogP contribution in [0.25, 0.3) is 10.8 Å². The van der Waals surface area contributed by atoms with Crippen LogP contribution in [0.5, 0.6) is 0 Å². The number of hydrogen-bond donors (Lipinski definition) is 0. The molecule has 2 aliphatic carbocycles. The maximum Gasteiger partial charge on any atom is 0.0789 e. The lowest BCUT2D eigenvalue weighted by Gasteiger charge is -2.22. The average molecular weight is 422 g/mol. The van der Waals surface area contributed by atoms with Gasteiger partial charge in [0.25, 0.3) is 0 Å². The van der Waals surface area contributed by atoms with Crippen LogP contribution in [0.15, 0.2) is 53.5 Å². The molecule has 164 valence electrons. The SMILES string of the molecule is CC(C)(C)c1ccc2c3c(cccc13)C(c1cc(C3CCCC3)cc(C3CCCC3)c1)=N2. The van der Waals surface area contributed by atoms with Gasteiger partial charge < -0.3 is 0 Å². The van der Waals surface area contributed by atoms with Crippen LogP contribution in [0, 0.1) is 0 Å². The van der Waals surface area contributed by atoms with Crippen LogP contribution < -0.4 is 0 Å². The lowest BCUT2D eigenvalue weighted by atomic mass is 9.82. The van der Waals surface area contributed by atoms with Gasteiger partial charge in [0.2, 0.25) is 0 Å². The minimum Gasteiger partial charge on any atom is -0.247 e. The Balaban J connectivity index is 1.51. The molecule has 0 amide bonds. The van der Waals surface area contributed by atoms with E-state index in [1.807, 2.05) is 0 Å². The van der Waals surface area contributed by atoms with E-state index >= 15 is 0 Å². The molecule has 32 heavy (non-hydrogen) atoms. The van der Waals surface area contributed by atoms with Crippen LogP contribution in [0.1, 0.15) is 112 Å². The third-order valence-electron chi connectivity index (χ3n) is 8.22. The predicted octanol–water partition coefficient (Wildman–Crippen LogP) is 8.94. The molecule has 0 N–H and O–H groups in total. The summed E-state index contributed by atoms with van der Waals surface area (Å²) in [7, 11) is 0. The Kier molecular flexibility index (Phi) is 4.79. The molecular weight excluding hydrogens is 386 g/mol. The van der Waals surface area contributed by atoms with Crippen LogP contribution in [0.3, 0.4) is 0 Å². The average Bonchev–Trinajstić information content (AvgIpc) is 3.55. The first-order valence-electron chi connectivity index (χ1n) is 12.8. The second-order valence-electron chi connectivity index (χ2n) is 11.4. The van der Waals surface area contributed by atoms with Crippen LogP contribution in [-0.2, 0) is 5.41 Å². The molecule has 1 nitrogen and oxygen atoms in total. The molecule has 0 bridgehead atoms. The van der Waals surface area contributed by atoms with Gasteiger partial charge in [-0.15, -0.1) is 0 Å². The van der Waals surface area contributed by atoms with Gasteiger partial charge >= 0.3 is 0 Å². The van der Waals surface area contributed by atoms with Crippen molar-refractivity contribution < 1.29 is 0 Å². The third-order valence-corrected chi connectivity index (χ3v) is 8.22. The van der Waals surface area contributed by atoms with E-state index in [9.17, 15) is 0 Å². The van der Waals surface area contributed by atoms with Crippen molar-refractivity contribution in [2.24, 2.45) is 4.99 Å². The molecule has 2 saturated carbocycles. The fraction of sp³-hybridized carbons (Fsp3) is 0.452. The summed E-state index contributed by atoms with van der Waals surface area (Å²) in [5.74, 6) is 1.48. The van der Waals surface area contributed by atoms with Crippen molar-refractivity contribution in [1.82, 2.24) is 0 Å². The maximum absolute atomic E-state index is 5.24. The second-order valence-corrected chi connectivity index (χ2v) is 11.4. The molecular formula is C31H35N. The quantitative estimate of drug-likeness (QED) is 0.313. The third kappa shape index (κ3) is 3.33. The van der Waals surface area contributed by atoms with E-state index in [1.165, 1.54) is 84.5 Å². The zero-order chi connectivity index (χ0) is 21.9. The number of nitrogens with zero attached hydrogens (tertiary/aromatic N) is 1. The molecule has 0 radical (unpaired) electrons. The van der Waals surface area contributed by atoms with E-state index in [0.29, 0.717) is 0 Å². The van der Waals surface area contributed by atoms with Crippen molar-refractivity contribution in [1.29, 1.82) is 0 Å². The van der Waals surface area contributed by atoms with Gasteiger partial charge in [0.05, 0.1) is 11.4 Å². The lowest BCUT2D eigenvalue weighted by Crippen LogP contribution is -2.11. The molecule has 0 spiro atoms. The largest absolute Gasteiger partial charge is 0.247 e. The van der Waals surface area contributed by atoms with Gasteiger partial charge in [-0.1, -0.05) is 76.8 Å². The monoisotopic (exact) mass is 421 g/mol. The van der Waals surface area contributed by atoms with Gasteiger partial charge in [-0.05, 0) is 83.2 Å². The fourth-order valence-corrected chi connectivity index (χ4v) is 6.54. The smallest absolute Gasteiger partial charge is 0.0789 e. The van der Waals surface area contributed by atoms with Crippen LogP contribution in [0.4, 0.5) is 5.69 Å². The van der Waals surface area contributed by atoms with E-state index in [2.05, 4.69) is 69.3 Å². The summed E-state index contributed by atoms with van der Waals surface area (Å²) in [5.41, 5.74) is 9.69. The van der Waals surface area contributed by atoms with Crippen molar-refractivity contribution in [3.63, 3.8) is 0 Å². The van der Waals surface area contributed by atoms with Gasteiger partial charge in [-0.3, -0.25) is 0 Å². The molecule has 3 aliphatic rings. The number of hydrogen-bond acceptors (Lipinski definition) is 1. The number of benzene rings is 3. The summed E-state index contributed by atoms with van der Waals surface area (Å²) < 4.78 is 0. The molecule has 1 heteroatoms. The van der Waals surface area contributed by atoms with Crippen molar-refractivity contribution in [2.75, 3.05) is 0 Å². The Bertz CT molecular complexity index is 1180. The van der Waals surface area contributed by atoms with Crippen molar-refractivity contribution in [3.8, 4) is 0 Å². The Morgan fingerprint density at radius 1 is 0.750 bits per heavy atom. The van der Waals surface area contributed by atoms with Crippen LogP contribution in [-0.4, -0.2) is 5.71 Å². The Labute approximate surface area is 193 Å². The molecule has 1 aliphatic heterocycles. The Morgan fingerprint density at radius 3 is 1.97 bits per heavy atom. The normalized spacial score (nSPS) is 19.3. The molecule has 0 saturated heterocycles. The maximum atomic E-state index is 5.24. The van der Waals surface area contributed by atoms with Gasteiger partial charge in [0.1, 0.15) is 0 Å². The summed E-state index contributed by atoms with van der Waals surface area (Å²) >= 11 is 0. The first-order chi connectivity index (χ1) is 15.5. The lowest BCUT2D eigenvalue weighted by molar-refractivity contribution is 0.596. The van der Waals surface area contributed by atoms with Gasteiger partial charge in [-0.2, -0.15) is 0 Å². The standard InChI is InChI=1S/C31H35N/c1-31(2,3)27-15-16-28-29-25(27)13-8-14-26(29)30(32-28)24-18-22(20-9-4-5-10-20)17-23(19-24)21-11-6-7-12-21/h8,13-21H,4-7,9-12H2,1-3H3. The summed E-state index contributed by atoms with van der Waals surface area (Å²) in [6.45, 7) is 6.94. The van der Waals surface area contributed by atoms with E-state index in [1.54, 1.807) is 11.1 Å². The van der Waals surface area contributed by atoms with Crippen LogP contribution >= 0.6 is 0 Å². The number of rotatable bonds is 3. The van der Waals surface area contributed by atoms with Gasteiger partial charge in [-0.25, -0.2) is 4.99 Å². The molecule has 6 rings (SSSR count). The summed E-state index contributed by atoms with van der Waals surface area (Å²) in [5, 5.41) is 2.72. The van der Waals surface area contributed by atoms with Crippen molar-refractivity contribution >= 4 is 22.2 Å². The van der Waals surface area contributed by atoms with Crippen molar-refractivity contribution in [3.05, 3.63) is 76.3 Å². The minimum atomic E-state index is 0.123. The molecule has 0 atom stereocenters. The molecule has 3 aromatic carbocycles. The molecule has 3 aromatic rings. The first kappa shape index (κ1) is 20.2. The highest BCUT2D eigenvalue weighted by molar-refractivity contribution is 6.26. The van der Waals surface area contributed by atoms with Gasteiger partial charge in [0.15, 0.2) is 0 Å². The van der Waals surface area contributed by atoms with E-state index in [-0.39, 0.29) is 5.41 Å². The van der Waals surface area contributed by atoms with Gasteiger partial charge in [0, 0.05) is 16.5 Å². The Morgan fingerprint density at radius 2 is 1.38 bits per heavy atom. The minimum absolute atomic E-state index is 0.123. The predicted molar refractivity (Wildman–Crippen MR) is 137 cm³/mol. The summed E-state index contributed by atoms with van der Waals surface area (Å²) in [6, 6.07) is 18.9. The molecule has 0 unspecified atom stereocenters.